The molecule has 0 radical (unpaired) electrons. The number of carbonyl (C=O) groups is 2. The van der Waals surface area contributed by atoms with Gasteiger partial charge >= 0.3 is 0 Å². The van der Waals surface area contributed by atoms with Gasteiger partial charge in [0, 0.05) is 36.4 Å². The topological polar surface area (TPSA) is 80.3 Å². The number of pyridine rings is 1. The first-order valence-electron chi connectivity index (χ1n) is 9.04. The Bertz CT molecular complexity index is 1020. The largest absolute Gasteiger partial charge is 0.457 e. The minimum atomic E-state index is -0.278. The van der Waals surface area contributed by atoms with Gasteiger partial charge in [0.05, 0.1) is 0 Å². The van der Waals surface area contributed by atoms with Crippen molar-refractivity contribution in [1.82, 2.24) is 15.6 Å². The van der Waals surface area contributed by atoms with Gasteiger partial charge in [-0.1, -0.05) is 29.8 Å². The summed E-state index contributed by atoms with van der Waals surface area (Å²) in [5.74, 6) is 0.709. The fourth-order valence-corrected chi connectivity index (χ4v) is 2.87. The number of benzene rings is 2. The predicted octanol–water partition coefficient (Wildman–Crippen LogP) is 3.86. The van der Waals surface area contributed by atoms with Crippen molar-refractivity contribution < 1.29 is 14.3 Å². The van der Waals surface area contributed by atoms with Gasteiger partial charge in [-0.2, -0.15) is 0 Å². The van der Waals surface area contributed by atoms with Gasteiger partial charge in [0.1, 0.15) is 17.2 Å². The van der Waals surface area contributed by atoms with E-state index in [4.69, 9.17) is 16.3 Å². The highest BCUT2D eigenvalue weighted by atomic mass is 35.5. The van der Waals surface area contributed by atoms with Crippen molar-refractivity contribution in [2.24, 2.45) is 0 Å². The van der Waals surface area contributed by atoms with Gasteiger partial charge in [0.2, 0.25) is 0 Å². The zero-order valence-corrected chi connectivity index (χ0v) is 16.6. The van der Waals surface area contributed by atoms with Gasteiger partial charge < -0.3 is 15.4 Å². The highest BCUT2D eigenvalue weighted by Crippen LogP contribution is 2.22. The van der Waals surface area contributed by atoms with E-state index in [1.807, 2.05) is 24.3 Å². The minimum Gasteiger partial charge on any atom is -0.457 e. The van der Waals surface area contributed by atoms with Crippen LogP contribution >= 0.6 is 11.6 Å². The quantitative estimate of drug-likeness (QED) is 0.621. The van der Waals surface area contributed by atoms with E-state index in [9.17, 15) is 9.59 Å². The van der Waals surface area contributed by atoms with Crippen molar-refractivity contribution in [1.29, 1.82) is 0 Å². The SMILES string of the molecule is CNC(=O)c1cc(Oc2cccc(CCNC(=O)c3cccc(Cl)c3)c2)ccn1. The second-order valence-electron chi connectivity index (χ2n) is 6.22. The summed E-state index contributed by atoms with van der Waals surface area (Å²) in [4.78, 5) is 27.9. The maximum absolute atomic E-state index is 12.2. The summed E-state index contributed by atoms with van der Waals surface area (Å²) in [5.41, 5.74) is 1.82. The van der Waals surface area contributed by atoms with Gasteiger partial charge in [0.25, 0.3) is 11.8 Å². The van der Waals surface area contributed by atoms with Crippen molar-refractivity contribution >= 4 is 23.4 Å². The van der Waals surface area contributed by atoms with Crippen LogP contribution in [0.25, 0.3) is 0 Å². The van der Waals surface area contributed by atoms with Crippen LogP contribution in [-0.4, -0.2) is 30.4 Å². The maximum Gasteiger partial charge on any atom is 0.269 e. The van der Waals surface area contributed by atoms with Gasteiger partial charge in [-0.05, 0) is 48.4 Å². The molecule has 0 atom stereocenters. The number of ether oxygens (including phenoxy) is 1. The lowest BCUT2D eigenvalue weighted by molar-refractivity contribution is 0.0947. The molecule has 0 aliphatic carbocycles. The van der Waals surface area contributed by atoms with Gasteiger partial charge in [0.15, 0.2) is 0 Å². The number of nitrogens with one attached hydrogen (secondary N) is 2. The molecule has 0 saturated heterocycles. The standard InChI is InChI=1S/C22H20ClN3O3/c1-24-22(28)20-14-19(9-11-25-20)29-18-7-2-4-15(12-18)8-10-26-21(27)16-5-3-6-17(23)13-16/h2-7,9,11-14H,8,10H2,1H3,(H,24,28)(H,26,27). The summed E-state index contributed by atoms with van der Waals surface area (Å²) >= 11 is 5.92. The molecule has 3 aromatic rings. The van der Waals surface area contributed by atoms with Crippen molar-refractivity contribution in [2.75, 3.05) is 13.6 Å². The van der Waals surface area contributed by atoms with Gasteiger partial charge in [-0.25, -0.2) is 0 Å². The first-order valence-corrected chi connectivity index (χ1v) is 9.41. The Labute approximate surface area is 173 Å². The fraction of sp³-hybridized carbons (Fsp3) is 0.136. The summed E-state index contributed by atoms with van der Waals surface area (Å²) < 4.78 is 5.84. The Morgan fingerprint density at radius 3 is 2.59 bits per heavy atom. The number of rotatable bonds is 7. The molecule has 3 rings (SSSR count). The molecule has 0 unspecified atom stereocenters. The molecule has 2 N–H and O–H groups in total. The predicted molar refractivity (Wildman–Crippen MR) is 112 cm³/mol. The zero-order valence-electron chi connectivity index (χ0n) is 15.8. The molecule has 0 aliphatic rings. The Hall–Kier alpha value is -3.38. The molecule has 0 fully saturated rings. The highest BCUT2D eigenvalue weighted by molar-refractivity contribution is 6.30. The third kappa shape index (κ3) is 5.80. The molecule has 6 nitrogen and oxygen atoms in total. The summed E-state index contributed by atoms with van der Waals surface area (Å²) in [5, 5.41) is 5.93. The van der Waals surface area contributed by atoms with E-state index >= 15 is 0 Å². The molecule has 0 aliphatic heterocycles. The Balaban J connectivity index is 1.58. The lowest BCUT2D eigenvalue weighted by Crippen LogP contribution is -2.25. The van der Waals surface area contributed by atoms with E-state index in [0.717, 1.165) is 5.56 Å². The van der Waals surface area contributed by atoms with E-state index in [1.165, 1.54) is 6.20 Å². The molecule has 0 bridgehead atoms. The molecular formula is C22H20ClN3O3. The number of aromatic nitrogens is 1. The molecule has 29 heavy (non-hydrogen) atoms. The van der Waals surface area contributed by atoms with Crippen LogP contribution in [0.3, 0.4) is 0 Å². The lowest BCUT2D eigenvalue weighted by Gasteiger charge is -2.09. The van der Waals surface area contributed by atoms with Crippen molar-refractivity contribution in [2.45, 2.75) is 6.42 Å². The van der Waals surface area contributed by atoms with Gasteiger partial charge in [-0.15, -0.1) is 0 Å². The number of nitrogens with zero attached hydrogens (tertiary/aromatic N) is 1. The fourth-order valence-electron chi connectivity index (χ4n) is 2.68. The summed E-state index contributed by atoms with van der Waals surface area (Å²) in [6.45, 7) is 0.477. The number of carbonyl (C=O) groups excluding carboxylic acids is 2. The van der Waals surface area contributed by atoms with E-state index in [0.29, 0.717) is 35.1 Å². The number of hydrogen-bond donors (Lipinski definition) is 2. The summed E-state index contributed by atoms with van der Waals surface area (Å²) in [6.07, 6.45) is 2.17. The molecule has 0 spiro atoms. The van der Waals surface area contributed by atoms with Crippen LogP contribution in [-0.2, 0) is 6.42 Å². The summed E-state index contributed by atoms with van der Waals surface area (Å²) in [7, 11) is 1.55. The molecule has 0 saturated carbocycles. The van der Waals surface area contributed by atoms with Crippen molar-refractivity contribution in [3.8, 4) is 11.5 Å². The van der Waals surface area contributed by atoms with Crippen molar-refractivity contribution in [3.05, 3.63) is 88.7 Å². The van der Waals surface area contributed by atoms with Crippen LogP contribution in [0.2, 0.25) is 5.02 Å². The van der Waals surface area contributed by atoms with Gasteiger partial charge in [-0.3, -0.25) is 14.6 Å². The zero-order chi connectivity index (χ0) is 20.6. The first kappa shape index (κ1) is 20.4. The second-order valence-corrected chi connectivity index (χ2v) is 6.66. The minimum absolute atomic E-state index is 0.168. The summed E-state index contributed by atoms with van der Waals surface area (Å²) in [6, 6.07) is 17.6. The molecule has 2 amide bonds. The van der Waals surface area contributed by atoms with Crippen LogP contribution in [0.5, 0.6) is 11.5 Å². The van der Waals surface area contributed by atoms with E-state index in [2.05, 4.69) is 15.6 Å². The second kappa shape index (κ2) is 9.71. The first-order chi connectivity index (χ1) is 14.0. The number of halogens is 1. The third-order valence-corrected chi connectivity index (χ3v) is 4.35. The molecule has 2 aromatic carbocycles. The average molecular weight is 410 g/mol. The smallest absolute Gasteiger partial charge is 0.269 e. The Kier molecular flexibility index (Phi) is 6.81. The lowest BCUT2D eigenvalue weighted by atomic mass is 10.1. The number of amides is 2. The van der Waals surface area contributed by atoms with E-state index in [-0.39, 0.29) is 17.5 Å². The molecule has 1 aromatic heterocycles. The molecule has 7 heteroatoms. The Morgan fingerprint density at radius 1 is 1.00 bits per heavy atom. The van der Waals surface area contributed by atoms with E-state index < -0.39 is 0 Å². The third-order valence-electron chi connectivity index (χ3n) is 4.11. The van der Waals surface area contributed by atoms with Crippen LogP contribution in [0.1, 0.15) is 26.4 Å². The Morgan fingerprint density at radius 2 is 1.79 bits per heavy atom. The monoisotopic (exact) mass is 409 g/mol. The molecular weight excluding hydrogens is 390 g/mol. The highest BCUT2D eigenvalue weighted by Gasteiger charge is 2.08. The van der Waals surface area contributed by atoms with Crippen LogP contribution < -0.4 is 15.4 Å². The van der Waals surface area contributed by atoms with Crippen LogP contribution in [0.15, 0.2) is 66.9 Å². The van der Waals surface area contributed by atoms with Crippen molar-refractivity contribution in [3.63, 3.8) is 0 Å². The van der Waals surface area contributed by atoms with Crippen LogP contribution in [0.4, 0.5) is 0 Å². The molecule has 148 valence electrons. The maximum atomic E-state index is 12.2. The van der Waals surface area contributed by atoms with Crippen LogP contribution in [0, 0.1) is 0 Å². The number of hydrogen-bond acceptors (Lipinski definition) is 4. The normalized spacial score (nSPS) is 10.3. The van der Waals surface area contributed by atoms with E-state index in [1.54, 1.807) is 43.4 Å². The molecule has 1 heterocycles. The average Bonchev–Trinajstić information content (AvgIpc) is 2.73.